The first-order valence-electron chi connectivity index (χ1n) is 5.97. The smallest absolute Gasteiger partial charge is 0.460 e. The molecule has 0 radical (unpaired) electrons. The molecule has 0 aromatic heterocycles. The molecule has 1 unspecified atom stereocenters. The fraction of sp³-hybridized carbons (Fsp3) is 0.308. The fourth-order valence-corrected chi connectivity index (χ4v) is 1.94. The summed E-state index contributed by atoms with van der Waals surface area (Å²) in [6, 6.07) is 4.99. The van der Waals surface area contributed by atoms with Crippen molar-refractivity contribution in [1.29, 1.82) is 0 Å². The van der Waals surface area contributed by atoms with Gasteiger partial charge in [0, 0.05) is 5.56 Å². The summed E-state index contributed by atoms with van der Waals surface area (Å²) in [6.45, 7) is -2.33. The van der Waals surface area contributed by atoms with Crippen LogP contribution in [-0.4, -0.2) is 35.8 Å². The van der Waals surface area contributed by atoms with Crippen molar-refractivity contribution in [2.45, 2.75) is 18.1 Å². The molecule has 0 amide bonds. The summed E-state index contributed by atoms with van der Waals surface area (Å²) < 4.78 is 85.4. The molecule has 0 spiro atoms. The molecule has 1 aromatic carbocycles. The van der Waals surface area contributed by atoms with Gasteiger partial charge in [-0.3, -0.25) is 0 Å². The van der Waals surface area contributed by atoms with Gasteiger partial charge >= 0.3 is 24.1 Å². The number of carboxylic acid groups (broad SMARTS) is 1. The molecular formula is C13H8F6O4. The van der Waals surface area contributed by atoms with Crippen molar-refractivity contribution in [1.82, 2.24) is 0 Å². The monoisotopic (exact) mass is 342 g/mol. The van der Waals surface area contributed by atoms with E-state index in [1.165, 1.54) is 18.2 Å². The number of carbonyl (C=O) groups is 1. The summed E-state index contributed by atoms with van der Waals surface area (Å²) in [4.78, 5) is 11.1. The molecular weight excluding hydrogens is 334 g/mol. The van der Waals surface area contributed by atoms with Gasteiger partial charge in [-0.2, -0.15) is 26.3 Å². The molecule has 0 bridgehead atoms. The summed E-state index contributed by atoms with van der Waals surface area (Å²) in [5.41, 5.74) is -1.52. The maximum Gasteiger partial charge on any atom is 0.460 e. The van der Waals surface area contributed by atoms with E-state index in [0.29, 0.717) is 6.08 Å². The van der Waals surface area contributed by atoms with Crippen LogP contribution in [0.25, 0.3) is 6.08 Å². The van der Waals surface area contributed by atoms with Crippen LogP contribution in [-0.2, 0) is 9.53 Å². The minimum Gasteiger partial charge on any atom is -0.478 e. The number of aliphatic carboxylic acids is 1. The Labute approximate surface area is 124 Å². The third kappa shape index (κ3) is 3.26. The van der Waals surface area contributed by atoms with Crippen LogP contribution in [0.15, 0.2) is 29.8 Å². The molecule has 126 valence electrons. The predicted octanol–water partition coefficient (Wildman–Crippen LogP) is 3.38. The first-order chi connectivity index (χ1) is 10.5. The molecule has 1 atom stereocenters. The van der Waals surface area contributed by atoms with E-state index < -0.39 is 42.0 Å². The summed E-state index contributed by atoms with van der Waals surface area (Å²) >= 11 is 0. The van der Waals surface area contributed by atoms with Crippen molar-refractivity contribution in [3.63, 3.8) is 0 Å². The van der Waals surface area contributed by atoms with Crippen molar-refractivity contribution in [2.75, 3.05) is 6.61 Å². The number of alkyl halides is 6. The van der Waals surface area contributed by atoms with Gasteiger partial charge < -0.3 is 14.6 Å². The fourth-order valence-electron chi connectivity index (χ4n) is 1.94. The van der Waals surface area contributed by atoms with Crippen molar-refractivity contribution in [3.05, 3.63) is 35.4 Å². The van der Waals surface area contributed by atoms with E-state index in [1.54, 1.807) is 0 Å². The van der Waals surface area contributed by atoms with Crippen molar-refractivity contribution < 1.29 is 45.7 Å². The van der Waals surface area contributed by atoms with Gasteiger partial charge in [0.1, 0.15) is 17.9 Å². The Morgan fingerprint density at radius 3 is 2.30 bits per heavy atom. The Morgan fingerprint density at radius 1 is 1.17 bits per heavy atom. The summed E-state index contributed by atoms with van der Waals surface area (Å²) in [7, 11) is 0. The van der Waals surface area contributed by atoms with Crippen LogP contribution in [0, 0.1) is 0 Å². The van der Waals surface area contributed by atoms with Crippen molar-refractivity contribution in [3.8, 4) is 5.75 Å². The summed E-state index contributed by atoms with van der Waals surface area (Å²) in [6.07, 6.45) is -10.1. The van der Waals surface area contributed by atoms with Gasteiger partial charge in [-0.1, -0.05) is 18.2 Å². The third-order valence-corrected chi connectivity index (χ3v) is 2.87. The second-order valence-electron chi connectivity index (χ2n) is 4.52. The molecule has 10 heteroatoms. The zero-order chi connectivity index (χ0) is 17.5. The molecule has 0 aliphatic carbocycles. The molecule has 1 aliphatic heterocycles. The summed E-state index contributed by atoms with van der Waals surface area (Å²) in [5, 5.41) is 8.98. The Balaban J connectivity index is 2.58. The van der Waals surface area contributed by atoms with E-state index in [0.717, 1.165) is 6.07 Å². The van der Waals surface area contributed by atoms with E-state index in [2.05, 4.69) is 9.47 Å². The average molecular weight is 342 g/mol. The lowest BCUT2D eigenvalue weighted by atomic mass is 9.98. The lowest BCUT2D eigenvalue weighted by Gasteiger charge is -2.38. The van der Waals surface area contributed by atoms with E-state index in [4.69, 9.17) is 5.11 Å². The van der Waals surface area contributed by atoms with E-state index in [9.17, 15) is 31.1 Å². The Hall–Kier alpha value is -2.23. The highest BCUT2D eigenvalue weighted by atomic mass is 19.4. The van der Waals surface area contributed by atoms with Gasteiger partial charge in [-0.05, 0) is 12.1 Å². The number of fused-ring (bicyclic) bond motifs is 1. The van der Waals surface area contributed by atoms with Crippen LogP contribution in [0.3, 0.4) is 0 Å². The van der Waals surface area contributed by atoms with E-state index in [1.807, 2.05) is 0 Å². The first-order valence-corrected chi connectivity index (χ1v) is 5.97. The highest BCUT2D eigenvalue weighted by Gasteiger charge is 2.66. The van der Waals surface area contributed by atoms with Crippen LogP contribution in [0.4, 0.5) is 26.3 Å². The maximum absolute atomic E-state index is 13.4. The van der Waals surface area contributed by atoms with Gasteiger partial charge in [0.15, 0.2) is 0 Å². The Morgan fingerprint density at radius 2 is 1.78 bits per heavy atom. The van der Waals surface area contributed by atoms with Crippen molar-refractivity contribution >= 4 is 12.0 Å². The number of carboxylic acids is 1. The zero-order valence-electron chi connectivity index (χ0n) is 11.0. The number of para-hydroxylation sites is 1. The molecule has 1 heterocycles. The molecule has 2 rings (SSSR count). The molecule has 1 aromatic rings. The molecule has 1 N–H and O–H groups in total. The normalized spacial score (nSPS) is 21.2. The second kappa shape index (κ2) is 5.44. The van der Waals surface area contributed by atoms with Crippen LogP contribution in [0.1, 0.15) is 5.56 Å². The zero-order valence-corrected chi connectivity index (χ0v) is 11.0. The van der Waals surface area contributed by atoms with Gasteiger partial charge in [0.25, 0.3) is 0 Å². The van der Waals surface area contributed by atoms with Crippen LogP contribution in [0.5, 0.6) is 5.75 Å². The Kier molecular flexibility index (Phi) is 4.05. The highest BCUT2D eigenvalue weighted by Crippen LogP contribution is 2.46. The minimum atomic E-state index is -5.56. The van der Waals surface area contributed by atoms with Crippen molar-refractivity contribution in [2.24, 2.45) is 0 Å². The van der Waals surface area contributed by atoms with Crippen LogP contribution < -0.4 is 4.74 Å². The first kappa shape index (κ1) is 17.1. The van der Waals surface area contributed by atoms with E-state index in [-0.39, 0.29) is 5.56 Å². The van der Waals surface area contributed by atoms with Crippen LogP contribution in [0.2, 0.25) is 0 Å². The lowest BCUT2D eigenvalue weighted by molar-refractivity contribution is -0.351. The highest BCUT2D eigenvalue weighted by molar-refractivity contribution is 5.95. The molecule has 4 nitrogen and oxygen atoms in total. The number of hydrogen-bond acceptors (Lipinski definition) is 3. The van der Waals surface area contributed by atoms with Gasteiger partial charge in [0.2, 0.25) is 0 Å². The number of rotatable bonds is 3. The second-order valence-corrected chi connectivity index (χ2v) is 4.52. The SMILES string of the molecule is O=C(O)C1=Cc2ccccc2OC1(OCC(F)(F)F)C(F)(F)F. The maximum atomic E-state index is 13.4. The number of halogens is 6. The predicted molar refractivity (Wildman–Crippen MR) is 63.5 cm³/mol. The molecule has 23 heavy (non-hydrogen) atoms. The molecule has 0 fully saturated rings. The summed E-state index contributed by atoms with van der Waals surface area (Å²) in [5.74, 6) is -6.61. The average Bonchev–Trinajstić information content (AvgIpc) is 2.41. The molecule has 1 aliphatic rings. The third-order valence-electron chi connectivity index (χ3n) is 2.87. The quantitative estimate of drug-likeness (QED) is 0.856. The minimum absolute atomic E-state index is 0.0274. The van der Waals surface area contributed by atoms with Crippen LogP contribution >= 0.6 is 0 Å². The number of hydrogen-bond donors (Lipinski definition) is 1. The van der Waals surface area contributed by atoms with Gasteiger partial charge in [-0.15, -0.1) is 0 Å². The largest absolute Gasteiger partial charge is 0.478 e. The molecule has 0 saturated heterocycles. The van der Waals surface area contributed by atoms with Gasteiger partial charge in [-0.25, -0.2) is 4.79 Å². The lowest BCUT2D eigenvalue weighted by Crippen LogP contribution is -2.57. The standard InChI is InChI=1S/C13H8F6O4/c14-11(15,16)6-22-12(13(17,18)19)8(10(20)21)5-7-3-1-2-4-9(7)23-12/h1-5H,6H2,(H,20,21). The molecule has 0 saturated carbocycles. The van der Waals surface area contributed by atoms with Gasteiger partial charge in [0.05, 0.1) is 0 Å². The Bertz CT molecular complexity index is 649. The topological polar surface area (TPSA) is 55.8 Å². The number of ether oxygens (including phenoxy) is 2. The number of benzene rings is 1. The van der Waals surface area contributed by atoms with E-state index >= 15 is 0 Å².